The molecule has 18 heavy (non-hydrogen) atoms. The number of carbonyl (C=O) groups excluding carboxylic acids is 1. The first-order valence-electron chi connectivity index (χ1n) is 6.55. The smallest absolute Gasteiger partial charge is 0.222 e. The first-order valence-corrected chi connectivity index (χ1v) is 6.55. The van der Waals surface area contributed by atoms with Gasteiger partial charge in [0.25, 0.3) is 0 Å². The monoisotopic (exact) mass is 248 g/mol. The lowest BCUT2D eigenvalue weighted by Crippen LogP contribution is -2.32. The third-order valence-electron chi connectivity index (χ3n) is 2.89. The molecule has 0 aliphatic heterocycles. The zero-order valence-electron chi connectivity index (χ0n) is 11.7. The lowest BCUT2D eigenvalue weighted by atomic mass is 9.98. The maximum Gasteiger partial charge on any atom is 0.222 e. The highest BCUT2D eigenvalue weighted by atomic mass is 16.1. The zero-order valence-corrected chi connectivity index (χ0v) is 11.7. The van der Waals surface area contributed by atoms with Gasteiger partial charge in [-0.3, -0.25) is 4.79 Å². The number of carbonyl (C=O) groups is 1. The van der Waals surface area contributed by atoms with Crippen molar-refractivity contribution in [2.24, 2.45) is 5.73 Å². The van der Waals surface area contributed by atoms with Gasteiger partial charge in [-0.25, -0.2) is 0 Å². The molecule has 0 bridgehead atoms. The fraction of sp³-hybridized carbons (Fsp3) is 0.533. The minimum absolute atomic E-state index is 0.00503. The quantitative estimate of drug-likeness (QED) is 0.841. The molecule has 0 saturated carbocycles. The molecule has 1 aromatic rings. The third kappa shape index (κ3) is 4.49. The van der Waals surface area contributed by atoms with Crippen LogP contribution in [0.15, 0.2) is 24.3 Å². The van der Waals surface area contributed by atoms with Crippen LogP contribution in [0.4, 0.5) is 0 Å². The van der Waals surface area contributed by atoms with E-state index in [1.54, 1.807) is 0 Å². The highest BCUT2D eigenvalue weighted by molar-refractivity contribution is 5.77. The first kappa shape index (κ1) is 14.7. The summed E-state index contributed by atoms with van der Waals surface area (Å²) in [6, 6.07) is 8.13. The van der Waals surface area contributed by atoms with E-state index >= 15 is 0 Å². The van der Waals surface area contributed by atoms with Crippen molar-refractivity contribution < 1.29 is 4.79 Å². The third-order valence-corrected chi connectivity index (χ3v) is 2.89. The van der Waals surface area contributed by atoms with Crippen LogP contribution in [0.1, 0.15) is 57.2 Å². The molecule has 3 heteroatoms. The molecule has 0 radical (unpaired) electrons. The van der Waals surface area contributed by atoms with E-state index in [4.69, 9.17) is 5.73 Å². The van der Waals surface area contributed by atoms with E-state index in [-0.39, 0.29) is 18.0 Å². The predicted octanol–water partition coefficient (Wildman–Crippen LogP) is 2.72. The van der Waals surface area contributed by atoms with Gasteiger partial charge in [0, 0.05) is 18.5 Å². The van der Waals surface area contributed by atoms with Gasteiger partial charge in [0.2, 0.25) is 5.91 Å². The number of hydrogen-bond acceptors (Lipinski definition) is 2. The normalized spacial score (nSPS) is 12.8. The predicted molar refractivity (Wildman–Crippen MR) is 75.4 cm³/mol. The van der Waals surface area contributed by atoms with Crippen molar-refractivity contribution in [3.05, 3.63) is 35.4 Å². The van der Waals surface area contributed by atoms with Gasteiger partial charge in [0.05, 0.1) is 0 Å². The lowest BCUT2D eigenvalue weighted by molar-refractivity contribution is -0.121. The van der Waals surface area contributed by atoms with Gasteiger partial charge in [-0.2, -0.15) is 0 Å². The Morgan fingerprint density at radius 2 is 1.61 bits per heavy atom. The Bertz CT molecular complexity index is 382. The number of benzene rings is 1. The van der Waals surface area contributed by atoms with Crippen LogP contribution >= 0.6 is 0 Å². The Labute approximate surface area is 110 Å². The summed E-state index contributed by atoms with van der Waals surface area (Å²) in [5.41, 5.74) is 8.34. The Morgan fingerprint density at radius 1 is 1.11 bits per heavy atom. The Morgan fingerprint density at radius 3 is 2.06 bits per heavy atom. The van der Waals surface area contributed by atoms with Crippen molar-refractivity contribution in [3.8, 4) is 0 Å². The Balaban J connectivity index is 2.61. The van der Waals surface area contributed by atoms with Crippen LogP contribution in [0.2, 0.25) is 0 Å². The van der Waals surface area contributed by atoms with Crippen LogP contribution in [-0.2, 0) is 4.79 Å². The highest BCUT2D eigenvalue weighted by Crippen LogP contribution is 2.19. The fourth-order valence-corrected chi connectivity index (χ4v) is 1.83. The van der Waals surface area contributed by atoms with Crippen LogP contribution < -0.4 is 11.1 Å². The second kappa shape index (κ2) is 6.55. The van der Waals surface area contributed by atoms with Gasteiger partial charge in [0.1, 0.15) is 0 Å². The molecule has 0 spiro atoms. The molecular weight excluding hydrogens is 224 g/mol. The molecule has 0 aliphatic rings. The molecule has 0 aliphatic carbocycles. The summed E-state index contributed by atoms with van der Waals surface area (Å²) in [6.45, 7) is 8.21. The molecule has 1 atom stereocenters. The van der Waals surface area contributed by atoms with Crippen molar-refractivity contribution in [1.82, 2.24) is 5.32 Å². The molecule has 100 valence electrons. The molecule has 0 heterocycles. The molecule has 1 aromatic carbocycles. The van der Waals surface area contributed by atoms with E-state index in [0.29, 0.717) is 12.3 Å². The summed E-state index contributed by atoms with van der Waals surface area (Å²) in [6.07, 6.45) is 0.333. The number of amides is 1. The average molecular weight is 248 g/mol. The van der Waals surface area contributed by atoms with E-state index < -0.39 is 0 Å². The van der Waals surface area contributed by atoms with Crippen LogP contribution in [-0.4, -0.2) is 11.9 Å². The van der Waals surface area contributed by atoms with Crippen molar-refractivity contribution >= 4 is 5.91 Å². The Kier molecular flexibility index (Phi) is 5.35. The van der Waals surface area contributed by atoms with Gasteiger partial charge in [0.15, 0.2) is 0 Å². The maximum absolute atomic E-state index is 11.6. The first-order chi connectivity index (χ1) is 8.40. The van der Waals surface area contributed by atoms with Gasteiger partial charge in [-0.05, 0) is 30.9 Å². The summed E-state index contributed by atoms with van der Waals surface area (Å²) in [7, 11) is 0. The van der Waals surface area contributed by atoms with E-state index in [1.165, 1.54) is 5.56 Å². The summed E-state index contributed by atoms with van der Waals surface area (Å²) in [4.78, 5) is 11.6. The second-order valence-corrected chi connectivity index (χ2v) is 5.35. The van der Waals surface area contributed by atoms with Crippen LogP contribution in [0.5, 0.6) is 0 Å². The molecular formula is C15H24N2O. The lowest BCUT2D eigenvalue weighted by Gasteiger charge is -2.15. The van der Waals surface area contributed by atoms with Crippen molar-refractivity contribution in [1.29, 1.82) is 0 Å². The molecule has 3 nitrogen and oxygen atoms in total. The van der Waals surface area contributed by atoms with Gasteiger partial charge < -0.3 is 11.1 Å². The molecule has 1 amide bonds. The van der Waals surface area contributed by atoms with Gasteiger partial charge in [-0.1, -0.05) is 38.1 Å². The van der Waals surface area contributed by atoms with Crippen LogP contribution in [0.3, 0.4) is 0 Å². The fourth-order valence-electron chi connectivity index (χ4n) is 1.83. The van der Waals surface area contributed by atoms with E-state index in [1.807, 2.05) is 26.0 Å². The van der Waals surface area contributed by atoms with Crippen molar-refractivity contribution in [2.75, 3.05) is 0 Å². The minimum Gasteiger partial charge on any atom is -0.354 e. The topological polar surface area (TPSA) is 55.1 Å². The average Bonchev–Trinajstić information content (AvgIpc) is 2.27. The second-order valence-electron chi connectivity index (χ2n) is 5.35. The summed E-state index contributed by atoms with van der Waals surface area (Å²) in [5.74, 6) is 0.518. The number of nitrogens with one attached hydrogen (secondary N) is 1. The molecule has 1 unspecified atom stereocenters. The molecule has 0 aromatic heterocycles. The SMILES string of the molecule is CC(C)NC(=O)CC(N)c1ccc(C(C)C)cc1. The van der Waals surface area contributed by atoms with Crippen LogP contribution in [0, 0.1) is 0 Å². The molecule has 0 saturated heterocycles. The summed E-state index contributed by atoms with van der Waals surface area (Å²) < 4.78 is 0. The number of hydrogen-bond donors (Lipinski definition) is 2. The van der Waals surface area contributed by atoms with Crippen molar-refractivity contribution in [2.45, 2.75) is 52.1 Å². The highest BCUT2D eigenvalue weighted by Gasteiger charge is 2.12. The molecule has 0 fully saturated rings. The van der Waals surface area contributed by atoms with Crippen LogP contribution in [0.25, 0.3) is 0 Å². The van der Waals surface area contributed by atoms with Gasteiger partial charge in [-0.15, -0.1) is 0 Å². The largest absolute Gasteiger partial charge is 0.354 e. The molecule has 1 rings (SSSR count). The number of rotatable bonds is 5. The minimum atomic E-state index is -0.232. The van der Waals surface area contributed by atoms with Crippen molar-refractivity contribution in [3.63, 3.8) is 0 Å². The van der Waals surface area contributed by atoms with Gasteiger partial charge >= 0.3 is 0 Å². The summed E-state index contributed by atoms with van der Waals surface area (Å²) in [5, 5.41) is 2.85. The van der Waals surface area contributed by atoms with E-state index in [2.05, 4.69) is 31.3 Å². The Hall–Kier alpha value is -1.35. The van der Waals surface area contributed by atoms with E-state index in [9.17, 15) is 4.79 Å². The molecule has 3 N–H and O–H groups in total. The number of nitrogens with two attached hydrogens (primary N) is 1. The zero-order chi connectivity index (χ0) is 13.7. The maximum atomic E-state index is 11.6. The van der Waals surface area contributed by atoms with E-state index in [0.717, 1.165) is 5.56 Å². The summed E-state index contributed by atoms with van der Waals surface area (Å²) >= 11 is 0. The standard InChI is InChI=1S/C15H24N2O/c1-10(2)12-5-7-13(8-6-12)14(16)9-15(18)17-11(3)4/h5-8,10-11,14H,9,16H2,1-4H3,(H,17,18).